The van der Waals surface area contributed by atoms with Gasteiger partial charge in [-0.05, 0) is 58.0 Å². The minimum absolute atomic E-state index is 0.184. The van der Waals surface area contributed by atoms with Gasteiger partial charge in [0.2, 0.25) is 0 Å². The van der Waals surface area contributed by atoms with Crippen LogP contribution in [0.5, 0.6) is 0 Å². The largest absolute Gasteiger partial charge is 0.744 e. The van der Waals surface area contributed by atoms with Gasteiger partial charge in [-0.15, -0.1) is 11.3 Å². The third-order valence-electron chi connectivity index (χ3n) is 5.84. The summed E-state index contributed by atoms with van der Waals surface area (Å²) in [6.07, 6.45) is 0.963. The summed E-state index contributed by atoms with van der Waals surface area (Å²) in [5.74, 6) is -0.262. The van der Waals surface area contributed by atoms with Crippen molar-refractivity contribution >= 4 is 49.8 Å². The van der Waals surface area contributed by atoms with Gasteiger partial charge in [0.1, 0.15) is 16.2 Å². The molecule has 4 aromatic rings. The standard InChI is InChI=1S/C16H16ClNO2S.C10H8O3S/c1-20-16(19)15(12-4-2-3-5-13(12)17)18-8-6-14-11(10-18)7-9-21-14;11-14(12,13)10-6-5-8-3-1-2-4-9(8)7-10/h2-5,7,9,15H,6,8,10H2,1H3;1-7H,(H,11,12,13)/p-1/t15-;/m0./s1. The first kappa shape index (κ1) is 25.3. The summed E-state index contributed by atoms with van der Waals surface area (Å²) in [6.45, 7) is 1.59. The van der Waals surface area contributed by atoms with E-state index in [0.717, 1.165) is 35.8 Å². The zero-order valence-corrected chi connectivity index (χ0v) is 21.3. The van der Waals surface area contributed by atoms with Crippen LogP contribution in [0.1, 0.15) is 22.0 Å². The van der Waals surface area contributed by atoms with Crippen LogP contribution in [0, 0.1) is 0 Å². The number of carbonyl (C=O) groups excluding carboxylic acids is 1. The van der Waals surface area contributed by atoms with Crippen LogP contribution in [-0.4, -0.2) is 37.5 Å². The van der Waals surface area contributed by atoms with Gasteiger partial charge in [0, 0.05) is 23.0 Å². The molecule has 0 aliphatic carbocycles. The molecule has 0 saturated heterocycles. The summed E-state index contributed by atoms with van der Waals surface area (Å²) in [5.41, 5.74) is 2.11. The molecule has 5 rings (SSSR count). The zero-order valence-electron chi connectivity index (χ0n) is 18.9. The van der Waals surface area contributed by atoms with Crippen molar-refractivity contribution in [2.75, 3.05) is 13.7 Å². The highest BCUT2D eigenvalue weighted by Gasteiger charge is 2.32. The van der Waals surface area contributed by atoms with Gasteiger partial charge in [-0.3, -0.25) is 4.90 Å². The molecule has 0 fully saturated rings. The van der Waals surface area contributed by atoms with Crippen molar-refractivity contribution in [2.45, 2.75) is 23.9 Å². The number of hydrogen-bond donors (Lipinski definition) is 0. The average Bonchev–Trinajstić information content (AvgIpc) is 3.33. The van der Waals surface area contributed by atoms with Gasteiger partial charge in [-0.1, -0.05) is 60.1 Å². The maximum atomic E-state index is 12.3. The van der Waals surface area contributed by atoms with E-state index in [1.165, 1.54) is 29.7 Å². The van der Waals surface area contributed by atoms with Crippen LogP contribution < -0.4 is 0 Å². The van der Waals surface area contributed by atoms with E-state index < -0.39 is 16.2 Å². The van der Waals surface area contributed by atoms with Crippen LogP contribution in [0.3, 0.4) is 0 Å². The van der Waals surface area contributed by atoms with Crippen molar-refractivity contribution < 1.29 is 22.5 Å². The first-order valence-corrected chi connectivity index (χ1v) is 13.5. The summed E-state index contributed by atoms with van der Waals surface area (Å²) in [5, 5.41) is 4.38. The molecule has 1 aliphatic rings. The first-order valence-electron chi connectivity index (χ1n) is 10.8. The van der Waals surface area contributed by atoms with Crippen LogP contribution >= 0.6 is 22.9 Å². The van der Waals surface area contributed by atoms with Gasteiger partial charge < -0.3 is 9.29 Å². The Balaban J connectivity index is 0.000000179. The van der Waals surface area contributed by atoms with Gasteiger partial charge in [0.05, 0.1) is 12.0 Å². The van der Waals surface area contributed by atoms with Gasteiger partial charge >= 0.3 is 5.97 Å². The molecule has 1 aromatic heterocycles. The number of hydrogen-bond acceptors (Lipinski definition) is 7. The smallest absolute Gasteiger partial charge is 0.327 e. The molecule has 0 N–H and O–H groups in total. The normalized spacial score (nSPS) is 14.5. The maximum Gasteiger partial charge on any atom is 0.327 e. The fourth-order valence-corrected chi connectivity index (χ4v) is 5.73. The number of methoxy groups -OCH3 is 1. The molecule has 182 valence electrons. The molecule has 35 heavy (non-hydrogen) atoms. The van der Waals surface area contributed by atoms with Gasteiger partial charge in [-0.2, -0.15) is 0 Å². The van der Waals surface area contributed by atoms with E-state index >= 15 is 0 Å². The number of benzene rings is 3. The van der Waals surface area contributed by atoms with Crippen molar-refractivity contribution in [1.82, 2.24) is 4.90 Å². The molecule has 3 aromatic carbocycles. The minimum atomic E-state index is -4.34. The predicted molar refractivity (Wildman–Crippen MR) is 137 cm³/mol. The SMILES string of the molecule is COC(=O)[C@H](c1ccccc1Cl)N1CCc2sccc2C1.O=S(=O)([O-])c1ccc2ccccc2c1. The number of carbonyl (C=O) groups is 1. The second-order valence-electron chi connectivity index (χ2n) is 8.00. The monoisotopic (exact) mass is 528 g/mol. The molecular formula is C26H23ClNO5S2-. The fourth-order valence-electron chi connectivity index (χ4n) is 4.09. The lowest BCUT2D eigenvalue weighted by atomic mass is 10.0. The molecule has 2 heterocycles. The summed E-state index contributed by atoms with van der Waals surface area (Å²) in [7, 11) is -2.92. The molecule has 1 atom stereocenters. The Morgan fingerprint density at radius 2 is 1.77 bits per heavy atom. The van der Waals surface area contributed by atoms with Gasteiger partial charge in [0.25, 0.3) is 0 Å². The Bertz CT molecular complexity index is 1450. The lowest BCUT2D eigenvalue weighted by Crippen LogP contribution is -2.38. The van der Waals surface area contributed by atoms with Crippen LogP contribution in [0.15, 0.2) is 83.1 Å². The third-order valence-corrected chi connectivity index (χ3v) is 8.03. The van der Waals surface area contributed by atoms with Crippen LogP contribution in [0.2, 0.25) is 5.02 Å². The maximum absolute atomic E-state index is 12.3. The van der Waals surface area contributed by atoms with Crippen LogP contribution in [0.25, 0.3) is 10.8 Å². The molecule has 6 nitrogen and oxygen atoms in total. The van der Waals surface area contributed by atoms with Gasteiger partial charge in [-0.25, -0.2) is 13.2 Å². The zero-order chi connectivity index (χ0) is 25.0. The van der Waals surface area contributed by atoms with E-state index in [4.69, 9.17) is 16.3 Å². The van der Waals surface area contributed by atoms with E-state index in [0.29, 0.717) is 5.02 Å². The second-order valence-corrected chi connectivity index (χ2v) is 10.8. The molecule has 0 bridgehead atoms. The molecule has 0 spiro atoms. The number of thiophene rings is 1. The fraction of sp³-hybridized carbons (Fsp3) is 0.192. The lowest BCUT2D eigenvalue weighted by molar-refractivity contribution is -0.147. The van der Waals surface area contributed by atoms with E-state index in [-0.39, 0.29) is 10.9 Å². The second kappa shape index (κ2) is 10.9. The van der Waals surface area contributed by atoms with Crippen molar-refractivity contribution in [2.24, 2.45) is 0 Å². The molecule has 1 aliphatic heterocycles. The summed E-state index contributed by atoms with van der Waals surface area (Å²) < 4.78 is 37.2. The lowest BCUT2D eigenvalue weighted by Gasteiger charge is -2.33. The highest BCUT2D eigenvalue weighted by atomic mass is 35.5. The minimum Gasteiger partial charge on any atom is -0.744 e. The average molecular weight is 529 g/mol. The molecule has 0 unspecified atom stereocenters. The van der Waals surface area contributed by atoms with Gasteiger partial charge in [0.15, 0.2) is 0 Å². The molecule has 0 amide bonds. The van der Waals surface area contributed by atoms with E-state index in [9.17, 15) is 17.8 Å². The summed E-state index contributed by atoms with van der Waals surface area (Å²) in [4.78, 5) is 15.7. The number of halogens is 1. The Hall–Kier alpha value is -2.75. The van der Waals surface area contributed by atoms with Crippen molar-refractivity contribution in [3.8, 4) is 0 Å². The summed E-state index contributed by atoms with van der Waals surface area (Å²) in [6, 6.07) is 20.8. The molecule has 9 heteroatoms. The molecular weight excluding hydrogens is 506 g/mol. The number of fused-ring (bicyclic) bond motifs is 2. The number of ether oxygens (including phenoxy) is 1. The first-order chi connectivity index (χ1) is 16.8. The Labute approximate surface area is 213 Å². The Morgan fingerprint density at radius 1 is 1.06 bits per heavy atom. The van der Waals surface area contributed by atoms with E-state index in [2.05, 4.69) is 16.3 Å². The molecule has 0 radical (unpaired) electrons. The van der Waals surface area contributed by atoms with Crippen LogP contribution in [0.4, 0.5) is 0 Å². The van der Waals surface area contributed by atoms with Crippen molar-refractivity contribution in [3.05, 3.63) is 99.2 Å². The predicted octanol–water partition coefficient (Wildman–Crippen LogP) is 5.42. The highest BCUT2D eigenvalue weighted by Crippen LogP contribution is 2.33. The van der Waals surface area contributed by atoms with E-state index in [1.54, 1.807) is 29.5 Å². The third kappa shape index (κ3) is 5.91. The van der Waals surface area contributed by atoms with E-state index in [1.807, 2.05) is 36.4 Å². The van der Waals surface area contributed by atoms with Crippen molar-refractivity contribution in [3.63, 3.8) is 0 Å². The highest BCUT2D eigenvalue weighted by molar-refractivity contribution is 7.85. The quantitative estimate of drug-likeness (QED) is 0.260. The summed E-state index contributed by atoms with van der Waals surface area (Å²) >= 11 is 8.07. The number of nitrogens with zero attached hydrogens (tertiary/aromatic N) is 1. The Kier molecular flexibility index (Phi) is 7.88. The van der Waals surface area contributed by atoms with Crippen LogP contribution in [-0.2, 0) is 32.6 Å². The molecule has 0 saturated carbocycles. The number of esters is 1. The number of rotatable bonds is 4. The topological polar surface area (TPSA) is 86.7 Å². The Morgan fingerprint density at radius 3 is 2.49 bits per heavy atom. The van der Waals surface area contributed by atoms with Crippen molar-refractivity contribution in [1.29, 1.82) is 0 Å².